The lowest BCUT2D eigenvalue weighted by atomic mass is 9.94. The van der Waals surface area contributed by atoms with E-state index < -0.39 is 0 Å². The first kappa shape index (κ1) is 15.5. The van der Waals surface area contributed by atoms with Gasteiger partial charge in [-0.1, -0.05) is 11.6 Å². The van der Waals surface area contributed by atoms with Crippen LogP contribution in [0.25, 0.3) is 0 Å². The minimum Gasteiger partial charge on any atom is -0.492 e. The third kappa shape index (κ3) is 2.86. The lowest BCUT2D eigenvalue weighted by molar-refractivity contribution is -0.137. The van der Waals surface area contributed by atoms with E-state index in [2.05, 4.69) is 4.98 Å². The van der Waals surface area contributed by atoms with E-state index in [-0.39, 0.29) is 17.9 Å². The van der Waals surface area contributed by atoms with Gasteiger partial charge >= 0.3 is 0 Å². The number of nitrogens with zero attached hydrogens (tertiary/aromatic N) is 2. The number of aromatic nitrogens is 1. The fourth-order valence-corrected chi connectivity index (χ4v) is 3.91. The van der Waals surface area contributed by atoms with Gasteiger partial charge in [-0.15, -0.1) is 0 Å². The van der Waals surface area contributed by atoms with E-state index in [0.29, 0.717) is 18.1 Å². The zero-order valence-electron chi connectivity index (χ0n) is 13.3. The molecule has 1 aromatic carbocycles. The summed E-state index contributed by atoms with van der Waals surface area (Å²) in [7, 11) is 0. The normalized spacial score (nSPS) is 22.8. The number of rotatable bonds is 2. The number of likely N-dealkylation sites (tertiary alicyclic amines) is 1. The molecule has 1 amide bonds. The number of fused-ring (bicyclic) bond motifs is 1. The summed E-state index contributed by atoms with van der Waals surface area (Å²) in [6, 6.07) is 9.77. The molecule has 0 saturated carbocycles. The summed E-state index contributed by atoms with van der Waals surface area (Å²) in [5.41, 5.74) is 2.18. The molecule has 1 saturated heterocycles. The molecule has 2 aromatic rings. The Labute approximate surface area is 146 Å². The number of benzene rings is 1. The van der Waals surface area contributed by atoms with Crippen LogP contribution in [-0.4, -0.2) is 28.9 Å². The first-order valence-corrected chi connectivity index (χ1v) is 8.72. The minimum atomic E-state index is -0.140. The first-order chi connectivity index (χ1) is 11.7. The van der Waals surface area contributed by atoms with Gasteiger partial charge in [-0.25, -0.2) is 0 Å². The van der Waals surface area contributed by atoms with E-state index in [9.17, 15) is 4.79 Å². The Balaban J connectivity index is 1.53. The molecule has 0 unspecified atom stereocenters. The Kier molecular flexibility index (Phi) is 4.15. The monoisotopic (exact) mass is 342 g/mol. The Morgan fingerprint density at radius 2 is 2.08 bits per heavy atom. The average molecular weight is 343 g/mol. The third-order valence-electron chi connectivity index (χ3n) is 4.90. The lowest BCUT2D eigenvalue weighted by Crippen LogP contribution is -2.40. The van der Waals surface area contributed by atoms with Gasteiger partial charge in [0.2, 0.25) is 5.91 Å². The van der Waals surface area contributed by atoms with Crippen LogP contribution in [0.15, 0.2) is 42.7 Å². The highest BCUT2D eigenvalue weighted by Crippen LogP contribution is 2.35. The maximum absolute atomic E-state index is 13.1. The van der Waals surface area contributed by atoms with E-state index in [1.807, 2.05) is 35.2 Å². The van der Waals surface area contributed by atoms with Crippen molar-refractivity contribution in [1.29, 1.82) is 0 Å². The van der Waals surface area contributed by atoms with Crippen LogP contribution in [0.3, 0.4) is 0 Å². The number of halogens is 1. The van der Waals surface area contributed by atoms with Crippen molar-refractivity contribution in [1.82, 2.24) is 9.88 Å². The van der Waals surface area contributed by atoms with Crippen molar-refractivity contribution in [2.45, 2.75) is 25.3 Å². The lowest BCUT2D eigenvalue weighted by Gasteiger charge is -2.31. The van der Waals surface area contributed by atoms with Gasteiger partial charge in [0.1, 0.15) is 12.4 Å². The number of carbonyl (C=O) groups is 1. The summed E-state index contributed by atoms with van der Waals surface area (Å²) >= 11 is 6.08. The van der Waals surface area contributed by atoms with Gasteiger partial charge in [-0.2, -0.15) is 0 Å². The number of carbonyl (C=O) groups excluding carboxylic acids is 1. The Morgan fingerprint density at radius 1 is 1.25 bits per heavy atom. The summed E-state index contributed by atoms with van der Waals surface area (Å²) in [5, 5.41) is 0.682. The molecule has 0 radical (unpaired) electrons. The van der Waals surface area contributed by atoms with Gasteiger partial charge < -0.3 is 9.64 Å². The number of hydrogen-bond donors (Lipinski definition) is 0. The largest absolute Gasteiger partial charge is 0.492 e. The van der Waals surface area contributed by atoms with E-state index in [1.165, 1.54) is 0 Å². The minimum absolute atomic E-state index is 0.140. The number of pyridine rings is 1. The van der Waals surface area contributed by atoms with Crippen molar-refractivity contribution in [3.63, 3.8) is 0 Å². The van der Waals surface area contributed by atoms with Crippen LogP contribution in [0.2, 0.25) is 5.02 Å². The molecule has 1 fully saturated rings. The second kappa shape index (κ2) is 6.44. The third-order valence-corrected chi connectivity index (χ3v) is 5.14. The smallest absolute Gasteiger partial charge is 0.229 e. The molecule has 3 heterocycles. The molecule has 0 bridgehead atoms. The molecule has 2 aliphatic rings. The molecule has 2 aliphatic heterocycles. The zero-order valence-corrected chi connectivity index (χ0v) is 14.1. The summed E-state index contributed by atoms with van der Waals surface area (Å²) in [5.74, 6) is 0.883. The van der Waals surface area contributed by atoms with Gasteiger partial charge in [-0.05, 0) is 60.7 Å². The van der Waals surface area contributed by atoms with Crippen molar-refractivity contribution in [2.75, 3.05) is 13.2 Å². The molecule has 0 spiro atoms. The Morgan fingerprint density at radius 3 is 2.92 bits per heavy atom. The second-order valence-corrected chi connectivity index (χ2v) is 6.87. The SMILES string of the molecule is O=C([C@H]1COc2ccc(Cl)cc2C1)N1CCC[C@H]1c1ccncc1. The molecule has 1 aromatic heterocycles. The van der Waals surface area contributed by atoms with E-state index in [1.54, 1.807) is 12.4 Å². The highest BCUT2D eigenvalue weighted by Gasteiger charge is 2.36. The fourth-order valence-electron chi connectivity index (χ4n) is 3.72. The molecule has 124 valence electrons. The van der Waals surface area contributed by atoms with Crippen LogP contribution >= 0.6 is 11.6 Å². The van der Waals surface area contributed by atoms with Crippen LogP contribution in [0.1, 0.15) is 30.0 Å². The Hall–Kier alpha value is -2.07. The topological polar surface area (TPSA) is 42.4 Å². The van der Waals surface area contributed by atoms with E-state index >= 15 is 0 Å². The molecule has 4 rings (SSSR count). The van der Waals surface area contributed by atoms with Gasteiger partial charge in [-0.3, -0.25) is 9.78 Å². The number of hydrogen-bond acceptors (Lipinski definition) is 3. The molecule has 2 atom stereocenters. The quantitative estimate of drug-likeness (QED) is 0.836. The maximum Gasteiger partial charge on any atom is 0.229 e. The summed E-state index contributed by atoms with van der Waals surface area (Å²) in [4.78, 5) is 19.2. The van der Waals surface area contributed by atoms with Crippen molar-refractivity contribution >= 4 is 17.5 Å². The predicted molar refractivity (Wildman–Crippen MR) is 92.1 cm³/mol. The summed E-state index contributed by atoms with van der Waals surface area (Å²) in [6.07, 6.45) is 6.31. The number of amides is 1. The van der Waals surface area contributed by atoms with Crippen LogP contribution in [0.4, 0.5) is 0 Å². The van der Waals surface area contributed by atoms with E-state index in [0.717, 1.165) is 36.3 Å². The molecule has 0 aliphatic carbocycles. The van der Waals surface area contributed by atoms with Crippen molar-refractivity contribution in [3.8, 4) is 5.75 Å². The Bertz CT molecular complexity index is 750. The average Bonchev–Trinajstić information content (AvgIpc) is 3.11. The molecular formula is C19H19ClN2O2. The van der Waals surface area contributed by atoms with Gasteiger partial charge in [0.05, 0.1) is 12.0 Å². The molecule has 4 nitrogen and oxygen atoms in total. The van der Waals surface area contributed by atoms with Crippen LogP contribution in [0.5, 0.6) is 5.75 Å². The standard InChI is InChI=1S/C19H19ClN2O2/c20-16-3-4-18-14(11-16)10-15(12-24-18)19(23)22-9-1-2-17(22)13-5-7-21-8-6-13/h3-8,11,15,17H,1-2,9-10,12H2/t15-,17+/m1/s1. The molecule has 24 heavy (non-hydrogen) atoms. The summed E-state index contributed by atoms with van der Waals surface area (Å²) in [6.45, 7) is 1.25. The molecule has 5 heteroatoms. The predicted octanol–water partition coefficient (Wildman–Crippen LogP) is 3.65. The maximum atomic E-state index is 13.1. The van der Waals surface area contributed by atoms with Crippen molar-refractivity contribution in [2.24, 2.45) is 5.92 Å². The van der Waals surface area contributed by atoms with Gasteiger partial charge in [0.25, 0.3) is 0 Å². The second-order valence-electron chi connectivity index (χ2n) is 6.43. The van der Waals surface area contributed by atoms with Crippen LogP contribution in [0, 0.1) is 5.92 Å². The van der Waals surface area contributed by atoms with Crippen molar-refractivity contribution < 1.29 is 9.53 Å². The van der Waals surface area contributed by atoms with E-state index in [4.69, 9.17) is 16.3 Å². The fraction of sp³-hybridized carbons (Fsp3) is 0.368. The highest BCUT2D eigenvalue weighted by molar-refractivity contribution is 6.30. The highest BCUT2D eigenvalue weighted by atomic mass is 35.5. The number of ether oxygens (including phenoxy) is 1. The molecular weight excluding hydrogens is 324 g/mol. The molecule has 0 N–H and O–H groups in total. The van der Waals surface area contributed by atoms with Gasteiger partial charge in [0, 0.05) is 24.0 Å². The first-order valence-electron chi connectivity index (χ1n) is 8.34. The van der Waals surface area contributed by atoms with Gasteiger partial charge in [0.15, 0.2) is 0 Å². The summed E-state index contributed by atoms with van der Waals surface area (Å²) < 4.78 is 5.80. The zero-order chi connectivity index (χ0) is 16.5. The van der Waals surface area contributed by atoms with Crippen LogP contribution in [-0.2, 0) is 11.2 Å². The van der Waals surface area contributed by atoms with Crippen molar-refractivity contribution in [3.05, 3.63) is 58.9 Å². The van der Waals surface area contributed by atoms with Crippen LogP contribution < -0.4 is 4.74 Å².